The molecule has 1 aromatic carbocycles. The molecule has 21 heavy (non-hydrogen) atoms. The van der Waals surface area contributed by atoms with Gasteiger partial charge in [0.2, 0.25) is 0 Å². The van der Waals surface area contributed by atoms with E-state index in [1.807, 2.05) is 5.32 Å². The van der Waals surface area contributed by atoms with E-state index in [0.29, 0.717) is 12.1 Å². The average molecular weight is 311 g/mol. The lowest BCUT2D eigenvalue weighted by Crippen LogP contribution is -2.57. The van der Waals surface area contributed by atoms with E-state index in [-0.39, 0.29) is 0 Å². The van der Waals surface area contributed by atoms with Crippen LogP contribution in [-0.4, -0.2) is 46.6 Å². The van der Waals surface area contributed by atoms with Gasteiger partial charge in [-0.2, -0.15) is 13.2 Å². The van der Waals surface area contributed by atoms with Gasteiger partial charge in [-0.15, -0.1) is 0 Å². The second-order valence-corrected chi connectivity index (χ2v) is 4.40. The Morgan fingerprint density at radius 3 is 2.05 bits per heavy atom. The molecule has 0 spiro atoms. The van der Waals surface area contributed by atoms with Gasteiger partial charge in [-0.05, 0) is 18.2 Å². The van der Waals surface area contributed by atoms with Crippen molar-refractivity contribution in [1.82, 2.24) is 5.32 Å². The molecule has 1 amide bonds. The monoisotopic (exact) mass is 311 g/mol. The van der Waals surface area contributed by atoms with Crippen LogP contribution in [0.4, 0.5) is 17.6 Å². The van der Waals surface area contributed by atoms with Crippen LogP contribution in [0.15, 0.2) is 18.2 Å². The minimum Gasteiger partial charge on any atom is -0.394 e. The van der Waals surface area contributed by atoms with E-state index in [1.165, 1.54) is 0 Å². The first-order valence-corrected chi connectivity index (χ1v) is 5.71. The number of alkyl halides is 3. The lowest BCUT2D eigenvalue weighted by atomic mass is 10.0. The smallest absolute Gasteiger partial charge is 0.394 e. The Morgan fingerprint density at radius 2 is 1.62 bits per heavy atom. The first-order chi connectivity index (χ1) is 9.69. The Balaban J connectivity index is 3.09. The quantitative estimate of drug-likeness (QED) is 0.589. The molecule has 0 atom stereocenters. The minimum absolute atomic E-state index is 0.307. The fourth-order valence-corrected chi connectivity index (χ4v) is 1.47. The van der Waals surface area contributed by atoms with Gasteiger partial charge in [0.25, 0.3) is 5.91 Å². The largest absolute Gasteiger partial charge is 0.419 e. The van der Waals surface area contributed by atoms with E-state index >= 15 is 0 Å². The highest BCUT2D eigenvalue weighted by Crippen LogP contribution is 2.31. The van der Waals surface area contributed by atoms with E-state index in [1.54, 1.807) is 0 Å². The number of nitrogens with one attached hydrogen (secondary N) is 1. The number of aliphatic hydroxyl groups is 3. The molecule has 0 saturated heterocycles. The molecule has 0 unspecified atom stereocenters. The zero-order valence-electron chi connectivity index (χ0n) is 10.6. The van der Waals surface area contributed by atoms with Crippen LogP contribution < -0.4 is 5.32 Å². The van der Waals surface area contributed by atoms with Crippen molar-refractivity contribution in [2.75, 3.05) is 19.8 Å². The van der Waals surface area contributed by atoms with E-state index in [9.17, 15) is 22.4 Å². The van der Waals surface area contributed by atoms with E-state index in [4.69, 9.17) is 15.3 Å². The summed E-state index contributed by atoms with van der Waals surface area (Å²) in [6.45, 7) is -2.50. The van der Waals surface area contributed by atoms with Crippen LogP contribution in [0.2, 0.25) is 0 Å². The Morgan fingerprint density at radius 1 is 1.10 bits per heavy atom. The molecule has 0 aliphatic rings. The summed E-state index contributed by atoms with van der Waals surface area (Å²) < 4.78 is 50.7. The van der Waals surface area contributed by atoms with Crippen LogP contribution in [0, 0.1) is 5.82 Å². The molecule has 0 aromatic heterocycles. The summed E-state index contributed by atoms with van der Waals surface area (Å²) in [5, 5.41) is 29.1. The highest BCUT2D eigenvalue weighted by molar-refractivity contribution is 5.95. The molecule has 9 heteroatoms. The summed E-state index contributed by atoms with van der Waals surface area (Å²) in [4.78, 5) is 11.8. The van der Waals surface area contributed by atoms with Crippen LogP contribution in [0.5, 0.6) is 0 Å². The van der Waals surface area contributed by atoms with Crippen LogP contribution in [0.3, 0.4) is 0 Å². The second-order valence-electron chi connectivity index (χ2n) is 4.40. The molecule has 0 bridgehead atoms. The van der Waals surface area contributed by atoms with Crippen LogP contribution >= 0.6 is 0 Å². The van der Waals surface area contributed by atoms with Crippen molar-refractivity contribution in [2.45, 2.75) is 11.7 Å². The van der Waals surface area contributed by atoms with Crippen molar-refractivity contribution in [3.63, 3.8) is 0 Å². The maximum absolute atomic E-state index is 13.1. The van der Waals surface area contributed by atoms with Crippen molar-refractivity contribution >= 4 is 5.91 Å². The third-order valence-electron chi connectivity index (χ3n) is 2.82. The van der Waals surface area contributed by atoms with Crippen molar-refractivity contribution in [2.24, 2.45) is 0 Å². The minimum atomic E-state index is -4.97. The number of carbonyl (C=O) groups excluding carboxylic acids is 1. The van der Waals surface area contributed by atoms with Gasteiger partial charge >= 0.3 is 6.18 Å². The maximum Gasteiger partial charge on any atom is 0.419 e. The number of aliphatic hydroxyl groups excluding tert-OH is 3. The first kappa shape index (κ1) is 17.3. The molecular formula is C12H13F4NO4. The molecule has 1 aromatic rings. The second kappa shape index (κ2) is 6.37. The molecule has 0 saturated carbocycles. The third kappa shape index (κ3) is 3.90. The van der Waals surface area contributed by atoms with Gasteiger partial charge in [0.1, 0.15) is 11.4 Å². The molecule has 1 rings (SSSR count). The van der Waals surface area contributed by atoms with Crippen LogP contribution in [0.1, 0.15) is 15.9 Å². The van der Waals surface area contributed by atoms with Crippen molar-refractivity contribution in [3.05, 3.63) is 35.1 Å². The van der Waals surface area contributed by atoms with E-state index in [2.05, 4.69) is 0 Å². The van der Waals surface area contributed by atoms with Crippen LogP contribution in [-0.2, 0) is 6.18 Å². The molecule has 0 aliphatic carbocycles. The Hall–Kier alpha value is -1.71. The number of hydrogen-bond donors (Lipinski definition) is 4. The van der Waals surface area contributed by atoms with Crippen LogP contribution in [0.25, 0.3) is 0 Å². The van der Waals surface area contributed by atoms with Gasteiger partial charge in [-0.25, -0.2) is 4.39 Å². The molecule has 0 aliphatic heterocycles. The number of amides is 1. The van der Waals surface area contributed by atoms with Gasteiger partial charge in [0.15, 0.2) is 0 Å². The number of carbonyl (C=O) groups is 1. The fraction of sp³-hybridized carbons (Fsp3) is 0.417. The Kier molecular flexibility index (Phi) is 5.26. The number of hydrogen-bond acceptors (Lipinski definition) is 4. The highest BCUT2D eigenvalue weighted by Gasteiger charge is 2.35. The summed E-state index contributed by atoms with van der Waals surface area (Å²) in [7, 11) is 0. The Bertz CT molecular complexity index is 506. The van der Waals surface area contributed by atoms with Crippen molar-refractivity contribution in [1.29, 1.82) is 0 Å². The predicted octanol–water partition coefficient (Wildman–Crippen LogP) is 0.290. The lowest BCUT2D eigenvalue weighted by Gasteiger charge is -2.28. The predicted molar refractivity (Wildman–Crippen MR) is 62.9 cm³/mol. The fourth-order valence-electron chi connectivity index (χ4n) is 1.47. The van der Waals surface area contributed by atoms with Crippen molar-refractivity contribution < 1.29 is 37.7 Å². The van der Waals surface area contributed by atoms with Gasteiger partial charge in [-0.1, -0.05) is 0 Å². The molecular weight excluding hydrogens is 298 g/mol. The van der Waals surface area contributed by atoms with Gasteiger partial charge in [0, 0.05) is 5.56 Å². The molecule has 0 fully saturated rings. The van der Waals surface area contributed by atoms with Crippen molar-refractivity contribution in [3.8, 4) is 0 Å². The number of benzene rings is 1. The number of rotatable bonds is 5. The summed E-state index contributed by atoms with van der Waals surface area (Å²) in [6.07, 6.45) is -4.97. The first-order valence-electron chi connectivity index (χ1n) is 5.71. The molecule has 5 nitrogen and oxygen atoms in total. The summed E-state index contributed by atoms with van der Waals surface area (Å²) in [5.74, 6) is -2.63. The summed E-state index contributed by atoms with van der Waals surface area (Å²) in [5.41, 5.74) is -3.93. The zero-order valence-corrected chi connectivity index (χ0v) is 10.6. The number of halogens is 4. The molecule has 0 heterocycles. The average Bonchev–Trinajstić information content (AvgIpc) is 2.44. The van der Waals surface area contributed by atoms with Gasteiger partial charge in [-0.3, -0.25) is 4.79 Å². The lowest BCUT2D eigenvalue weighted by molar-refractivity contribution is -0.140. The maximum atomic E-state index is 13.1. The Labute approximate surface area is 116 Å². The molecule has 0 radical (unpaired) electrons. The molecule has 118 valence electrons. The van der Waals surface area contributed by atoms with Gasteiger partial charge < -0.3 is 20.6 Å². The highest BCUT2D eigenvalue weighted by atomic mass is 19.4. The zero-order chi connectivity index (χ0) is 16.3. The summed E-state index contributed by atoms with van der Waals surface area (Å²) >= 11 is 0. The SMILES string of the molecule is O=C(NC(CO)(CO)CO)c1ccc(F)c(C(F)(F)F)c1. The van der Waals surface area contributed by atoms with Gasteiger partial charge in [0.05, 0.1) is 25.4 Å². The standard InChI is InChI=1S/C12H13F4NO4/c13-9-2-1-7(3-8(9)12(14,15)16)10(21)17-11(4-18,5-19)6-20/h1-3,18-20H,4-6H2,(H,17,21). The summed E-state index contributed by atoms with van der Waals surface area (Å²) in [6, 6.07) is 1.61. The van der Waals surface area contributed by atoms with E-state index in [0.717, 1.165) is 6.07 Å². The molecule has 4 N–H and O–H groups in total. The van der Waals surface area contributed by atoms with E-state index < -0.39 is 54.4 Å². The third-order valence-corrected chi connectivity index (χ3v) is 2.82. The normalized spacial score (nSPS) is 12.3. The topological polar surface area (TPSA) is 89.8 Å².